The summed E-state index contributed by atoms with van der Waals surface area (Å²) in [5.41, 5.74) is 8.20. The summed E-state index contributed by atoms with van der Waals surface area (Å²) < 4.78 is 0. The molecule has 0 bridgehead atoms. The van der Waals surface area contributed by atoms with Crippen LogP contribution in [0.25, 0.3) is 0 Å². The van der Waals surface area contributed by atoms with Gasteiger partial charge in [0.15, 0.2) is 0 Å². The lowest BCUT2D eigenvalue weighted by Crippen LogP contribution is -2.35. The van der Waals surface area contributed by atoms with Crippen LogP contribution in [0.4, 0.5) is 5.82 Å². The van der Waals surface area contributed by atoms with Crippen LogP contribution in [0, 0.1) is 6.92 Å². The molecule has 25 heavy (non-hydrogen) atoms. The minimum absolute atomic E-state index is 0. The molecule has 2 heterocycles. The van der Waals surface area contributed by atoms with E-state index in [-0.39, 0.29) is 24.8 Å². The van der Waals surface area contributed by atoms with E-state index in [1.54, 1.807) is 0 Å². The SMILES string of the molecule is Cc1cnc(CN(C)c2cc(C3CC(N)C3)nc(C3CC3)n2)[nH]1.Cl.Cl. The van der Waals surface area contributed by atoms with Crippen LogP contribution in [0.2, 0.25) is 0 Å². The van der Waals surface area contributed by atoms with Crippen molar-refractivity contribution < 1.29 is 0 Å². The van der Waals surface area contributed by atoms with Gasteiger partial charge in [-0.05, 0) is 32.6 Å². The quantitative estimate of drug-likeness (QED) is 0.827. The fraction of sp³-hybridized carbons (Fsp3) is 0.588. The lowest BCUT2D eigenvalue weighted by Gasteiger charge is -2.32. The maximum absolute atomic E-state index is 5.95. The minimum Gasteiger partial charge on any atom is -0.352 e. The number of halogens is 2. The van der Waals surface area contributed by atoms with E-state index in [1.165, 1.54) is 18.5 Å². The van der Waals surface area contributed by atoms with Gasteiger partial charge in [0, 0.05) is 48.6 Å². The van der Waals surface area contributed by atoms with E-state index in [0.29, 0.717) is 17.9 Å². The van der Waals surface area contributed by atoms with Crippen LogP contribution >= 0.6 is 24.8 Å². The molecular weight excluding hydrogens is 359 g/mol. The molecule has 2 aromatic heterocycles. The third-order valence-electron chi connectivity index (χ3n) is 4.82. The molecule has 0 aliphatic heterocycles. The normalized spacial score (nSPS) is 21.7. The topological polar surface area (TPSA) is 83.7 Å². The second kappa shape index (κ2) is 7.89. The standard InChI is InChI=1S/C17H24N6.2ClH/c1-10-8-19-15(20-10)9-23(2)16-7-14(12-5-13(18)6-12)21-17(22-16)11-3-4-11;;/h7-8,11-13H,3-6,9,18H2,1-2H3,(H,19,20);2*1H. The first kappa shape index (κ1) is 19.9. The summed E-state index contributed by atoms with van der Waals surface area (Å²) in [5.74, 6) is 4.03. The summed E-state index contributed by atoms with van der Waals surface area (Å²) >= 11 is 0. The number of hydrogen-bond acceptors (Lipinski definition) is 5. The minimum atomic E-state index is 0. The highest BCUT2D eigenvalue weighted by Gasteiger charge is 2.32. The van der Waals surface area contributed by atoms with Crippen molar-refractivity contribution in [3.63, 3.8) is 0 Å². The largest absolute Gasteiger partial charge is 0.352 e. The van der Waals surface area contributed by atoms with Gasteiger partial charge in [-0.3, -0.25) is 0 Å². The van der Waals surface area contributed by atoms with E-state index in [4.69, 9.17) is 15.7 Å². The molecule has 2 aromatic rings. The van der Waals surface area contributed by atoms with Crippen molar-refractivity contribution in [2.24, 2.45) is 5.73 Å². The Hall–Kier alpha value is -1.37. The molecule has 0 aromatic carbocycles. The molecule has 4 rings (SSSR count). The van der Waals surface area contributed by atoms with Gasteiger partial charge < -0.3 is 15.6 Å². The van der Waals surface area contributed by atoms with Gasteiger partial charge in [-0.2, -0.15) is 0 Å². The number of nitrogens with two attached hydrogens (primary N) is 1. The Morgan fingerprint density at radius 2 is 1.92 bits per heavy atom. The van der Waals surface area contributed by atoms with Gasteiger partial charge >= 0.3 is 0 Å². The predicted molar refractivity (Wildman–Crippen MR) is 104 cm³/mol. The van der Waals surface area contributed by atoms with Crippen molar-refractivity contribution in [2.45, 2.75) is 57.0 Å². The van der Waals surface area contributed by atoms with Gasteiger partial charge in [-0.15, -0.1) is 24.8 Å². The molecule has 0 amide bonds. The second-order valence-corrected chi connectivity index (χ2v) is 7.08. The summed E-state index contributed by atoms with van der Waals surface area (Å²) in [7, 11) is 2.06. The lowest BCUT2D eigenvalue weighted by molar-refractivity contribution is 0.344. The number of aromatic amines is 1. The number of rotatable bonds is 5. The van der Waals surface area contributed by atoms with Crippen LogP contribution < -0.4 is 10.6 Å². The maximum Gasteiger partial charge on any atom is 0.134 e. The Morgan fingerprint density at radius 3 is 2.48 bits per heavy atom. The van der Waals surface area contributed by atoms with Crippen LogP contribution in [0.5, 0.6) is 0 Å². The van der Waals surface area contributed by atoms with Crippen molar-refractivity contribution in [1.29, 1.82) is 0 Å². The van der Waals surface area contributed by atoms with E-state index >= 15 is 0 Å². The zero-order valence-electron chi connectivity index (χ0n) is 14.6. The molecule has 2 aliphatic carbocycles. The Morgan fingerprint density at radius 1 is 1.20 bits per heavy atom. The van der Waals surface area contributed by atoms with Gasteiger partial charge in [0.2, 0.25) is 0 Å². The highest BCUT2D eigenvalue weighted by molar-refractivity contribution is 5.85. The van der Waals surface area contributed by atoms with Crippen molar-refractivity contribution in [3.05, 3.63) is 35.3 Å². The number of imidazole rings is 1. The molecule has 138 valence electrons. The number of H-pyrrole nitrogens is 1. The second-order valence-electron chi connectivity index (χ2n) is 7.08. The summed E-state index contributed by atoms with van der Waals surface area (Å²) in [5, 5.41) is 0. The number of aryl methyl sites for hydroxylation is 1. The maximum atomic E-state index is 5.95. The Balaban J connectivity index is 0.00000113. The third-order valence-corrected chi connectivity index (χ3v) is 4.82. The molecule has 3 N–H and O–H groups in total. The first-order valence-electron chi connectivity index (χ1n) is 8.44. The average molecular weight is 385 g/mol. The summed E-state index contributed by atoms with van der Waals surface area (Å²) in [6.45, 7) is 2.74. The van der Waals surface area contributed by atoms with Crippen LogP contribution in [0.1, 0.15) is 60.6 Å². The van der Waals surface area contributed by atoms with Crippen molar-refractivity contribution in [3.8, 4) is 0 Å². The van der Waals surface area contributed by atoms with Gasteiger partial charge in [0.1, 0.15) is 17.5 Å². The summed E-state index contributed by atoms with van der Waals surface area (Å²) in [6, 6.07) is 2.48. The third kappa shape index (κ3) is 4.43. The van der Waals surface area contributed by atoms with E-state index in [0.717, 1.165) is 42.5 Å². The van der Waals surface area contributed by atoms with Crippen molar-refractivity contribution >= 4 is 30.6 Å². The van der Waals surface area contributed by atoms with E-state index in [2.05, 4.69) is 28.0 Å². The molecule has 2 aliphatic rings. The molecule has 8 heteroatoms. The highest BCUT2D eigenvalue weighted by Crippen LogP contribution is 2.41. The van der Waals surface area contributed by atoms with E-state index < -0.39 is 0 Å². The zero-order valence-corrected chi connectivity index (χ0v) is 16.2. The van der Waals surface area contributed by atoms with Gasteiger partial charge in [0.05, 0.1) is 6.54 Å². The monoisotopic (exact) mass is 384 g/mol. The molecule has 0 radical (unpaired) electrons. The number of nitrogens with zero attached hydrogens (tertiary/aromatic N) is 4. The van der Waals surface area contributed by atoms with Crippen molar-refractivity contribution in [2.75, 3.05) is 11.9 Å². The van der Waals surface area contributed by atoms with Gasteiger partial charge in [-0.1, -0.05) is 0 Å². The molecule has 0 saturated heterocycles. The van der Waals surface area contributed by atoms with Gasteiger partial charge in [-0.25, -0.2) is 15.0 Å². The van der Waals surface area contributed by atoms with Crippen LogP contribution in [0.15, 0.2) is 12.3 Å². The fourth-order valence-electron chi connectivity index (χ4n) is 3.16. The average Bonchev–Trinajstić information content (AvgIpc) is 3.27. The first-order valence-corrected chi connectivity index (χ1v) is 8.44. The Bertz CT molecular complexity index is 709. The van der Waals surface area contributed by atoms with Crippen LogP contribution in [-0.4, -0.2) is 33.0 Å². The molecular formula is C17H26Cl2N6. The predicted octanol–water partition coefficient (Wildman–Crippen LogP) is 3.07. The van der Waals surface area contributed by atoms with Crippen molar-refractivity contribution in [1.82, 2.24) is 19.9 Å². The number of anilines is 1. The Labute approximate surface area is 160 Å². The van der Waals surface area contributed by atoms with Gasteiger partial charge in [0.25, 0.3) is 0 Å². The lowest BCUT2D eigenvalue weighted by atomic mass is 9.78. The number of aromatic nitrogens is 4. The summed E-state index contributed by atoms with van der Waals surface area (Å²) in [4.78, 5) is 19.4. The number of hydrogen-bond donors (Lipinski definition) is 2. The molecule has 2 saturated carbocycles. The molecule has 2 fully saturated rings. The van der Waals surface area contributed by atoms with Crippen LogP contribution in [-0.2, 0) is 6.54 Å². The van der Waals surface area contributed by atoms with Crippen LogP contribution in [0.3, 0.4) is 0 Å². The molecule has 0 unspecified atom stereocenters. The summed E-state index contributed by atoms with van der Waals surface area (Å²) in [6.07, 6.45) is 6.38. The molecule has 0 spiro atoms. The smallest absolute Gasteiger partial charge is 0.134 e. The zero-order chi connectivity index (χ0) is 16.0. The Kier molecular flexibility index (Phi) is 6.30. The highest BCUT2D eigenvalue weighted by atomic mass is 35.5. The molecule has 0 atom stereocenters. The molecule has 6 nitrogen and oxygen atoms in total. The van der Waals surface area contributed by atoms with E-state index in [1.807, 2.05) is 13.1 Å². The first-order chi connectivity index (χ1) is 11.1. The van der Waals surface area contributed by atoms with E-state index in [9.17, 15) is 0 Å². The number of nitrogens with one attached hydrogen (secondary N) is 1. The fourth-order valence-corrected chi connectivity index (χ4v) is 3.16.